The molecule has 3 atom stereocenters. The second-order valence-electron chi connectivity index (χ2n) is 4.73. The molecule has 1 aromatic rings. The van der Waals surface area contributed by atoms with Gasteiger partial charge in [-0.2, -0.15) is 0 Å². The van der Waals surface area contributed by atoms with Gasteiger partial charge in [0.15, 0.2) is 0 Å². The Balaban J connectivity index is 2.21. The summed E-state index contributed by atoms with van der Waals surface area (Å²) in [7, 11) is 1.35. The van der Waals surface area contributed by atoms with E-state index < -0.39 is 6.04 Å². The van der Waals surface area contributed by atoms with Crippen molar-refractivity contribution in [1.29, 1.82) is 0 Å². The standard InChI is InChI=1S/C15H19NO4/c1-3-20-14(17)11-9-12(15(18)19-2)16-13(11)10-7-5-4-6-8-10/h4-8,11-13,16H,3,9H2,1-2H3. The second-order valence-corrected chi connectivity index (χ2v) is 4.73. The van der Waals surface area contributed by atoms with Crippen molar-refractivity contribution in [1.82, 2.24) is 5.32 Å². The largest absolute Gasteiger partial charge is 0.468 e. The Kier molecular flexibility index (Phi) is 4.74. The summed E-state index contributed by atoms with van der Waals surface area (Å²) in [6, 6.07) is 8.90. The number of hydrogen-bond acceptors (Lipinski definition) is 5. The third-order valence-electron chi connectivity index (χ3n) is 3.51. The molecule has 0 spiro atoms. The highest BCUT2D eigenvalue weighted by Gasteiger charge is 2.43. The predicted molar refractivity (Wildman–Crippen MR) is 72.9 cm³/mol. The van der Waals surface area contributed by atoms with Crippen LogP contribution in [-0.4, -0.2) is 31.7 Å². The summed E-state index contributed by atoms with van der Waals surface area (Å²) >= 11 is 0. The molecular weight excluding hydrogens is 258 g/mol. The molecule has 0 saturated carbocycles. The van der Waals surface area contributed by atoms with Crippen molar-refractivity contribution in [3.05, 3.63) is 35.9 Å². The van der Waals surface area contributed by atoms with E-state index in [0.717, 1.165) is 5.56 Å². The van der Waals surface area contributed by atoms with E-state index in [0.29, 0.717) is 13.0 Å². The first-order valence-electron chi connectivity index (χ1n) is 6.72. The van der Waals surface area contributed by atoms with Gasteiger partial charge >= 0.3 is 11.9 Å². The smallest absolute Gasteiger partial charge is 0.322 e. The highest BCUT2D eigenvalue weighted by atomic mass is 16.5. The third kappa shape index (κ3) is 2.99. The number of ether oxygens (including phenoxy) is 2. The summed E-state index contributed by atoms with van der Waals surface area (Å²) in [6.07, 6.45) is 0.394. The molecule has 3 unspecified atom stereocenters. The van der Waals surface area contributed by atoms with Crippen LogP contribution in [0.1, 0.15) is 24.9 Å². The van der Waals surface area contributed by atoms with Gasteiger partial charge in [-0.1, -0.05) is 30.3 Å². The molecule has 0 bridgehead atoms. The van der Waals surface area contributed by atoms with Crippen LogP contribution in [0.3, 0.4) is 0 Å². The Bertz CT molecular complexity index is 474. The van der Waals surface area contributed by atoms with Crippen LogP contribution in [-0.2, 0) is 19.1 Å². The molecule has 0 aliphatic carbocycles. The summed E-state index contributed by atoms with van der Waals surface area (Å²) in [4.78, 5) is 23.8. The van der Waals surface area contributed by atoms with Crippen LogP contribution in [0.2, 0.25) is 0 Å². The van der Waals surface area contributed by atoms with Gasteiger partial charge in [-0.3, -0.25) is 14.9 Å². The molecule has 1 N–H and O–H groups in total. The summed E-state index contributed by atoms with van der Waals surface area (Å²) in [5, 5.41) is 3.17. The fraction of sp³-hybridized carbons (Fsp3) is 0.467. The Hall–Kier alpha value is -1.88. The van der Waals surface area contributed by atoms with E-state index in [1.165, 1.54) is 7.11 Å². The lowest BCUT2D eigenvalue weighted by molar-refractivity contribution is -0.148. The van der Waals surface area contributed by atoms with Crippen LogP contribution in [0.25, 0.3) is 0 Å². The summed E-state index contributed by atoms with van der Waals surface area (Å²) in [5.41, 5.74) is 0.969. The van der Waals surface area contributed by atoms with Crippen molar-refractivity contribution < 1.29 is 19.1 Å². The minimum absolute atomic E-state index is 0.223. The molecule has 1 saturated heterocycles. The van der Waals surface area contributed by atoms with E-state index in [1.54, 1.807) is 6.92 Å². The highest BCUT2D eigenvalue weighted by molar-refractivity contribution is 5.80. The Morgan fingerprint density at radius 2 is 1.95 bits per heavy atom. The van der Waals surface area contributed by atoms with Gasteiger partial charge in [-0.15, -0.1) is 0 Å². The maximum atomic E-state index is 12.1. The first kappa shape index (κ1) is 14.5. The van der Waals surface area contributed by atoms with Gasteiger partial charge in [0.1, 0.15) is 6.04 Å². The van der Waals surface area contributed by atoms with Crippen LogP contribution in [0.5, 0.6) is 0 Å². The Morgan fingerprint density at radius 3 is 2.55 bits per heavy atom. The zero-order valence-electron chi connectivity index (χ0n) is 11.7. The zero-order valence-corrected chi connectivity index (χ0v) is 11.7. The first-order chi connectivity index (χ1) is 9.67. The van der Waals surface area contributed by atoms with Crippen molar-refractivity contribution in [2.75, 3.05) is 13.7 Å². The zero-order chi connectivity index (χ0) is 14.5. The third-order valence-corrected chi connectivity index (χ3v) is 3.51. The van der Waals surface area contributed by atoms with Gasteiger partial charge < -0.3 is 9.47 Å². The molecule has 0 radical (unpaired) electrons. The van der Waals surface area contributed by atoms with Crippen molar-refractivity contribution >= 4 is 11.9 Å². The number of methoxy groups -OCH3 is 1. The molecule has 1 aromatic carbocycles. The molecule has 1 fully saturated rings. The maximum Gasteiger partial charge on any atom is 0.322 e. The summed E-state index contributed by atoms with van der Waals surface area (Å²) in [5.74, 6) is -1.00. The van der Waals surface area contributed by atoms with Crippen LogP contribution < -0.4 is 5.32 Å². The molecule has 108 valence electrons. The quantitative estimate of drug-likeness (QED) is 0.844. The normalized spacial score (nSPS) is 25.2. The van der Waals surface area contributed by atoms with E-state index in [9.17, 15) is 9.59 Å². The van der Waals surface area contributed by atoms with Crippen molar-refractivity contribution in [3.63, 3.8) is 0 Å². The van der Waals surface area contributed by atoms with Crippen molar-refractivity contribution in [2.24, 2.45) is 5.92 Å². The van der Waals surface area contributed by atoms with Crippen LogP contribution in [0.4, 0.5) is 0 Å². The number of hydrogen-bond donors (Lipinski definition) is 1. The lowest BCUT2D eigenvalue weighted by Gasteiger charge is -2.18. The predicted octanol–water partition coefficient (Wildman–Crippen LogP) is 1.44. The number of carbonyl (C=O) groups is 2. The minimum Gasteiger partial charge on any atom is -0.468 e. The average Bonchev–Trinajstić information content (AvgIpc) is 2.93. The molecule has 0 amide bonds. The monoisotopic (exact) mass is 277 g/mol. The molecule has 1 heterocycles. The molecule has 20 heavy (non-hydrogen) atoms. The molecule has 2 rings (SSSR count). The van der Waals surface area contributed by atoms with Crippen LogP contribution >= 0.6 is 0 Å². The molecule has 1 aliphatic heterocycles. The van der Waals surface area contributed by atoms with Gasteiger partial charge in [-0.25, -0.2) is 0 Å². The topological polar surface area (TPSA) is 64.6 Å². The molecular formula is C15H19NO4. The number of rotatable bonds is 4. The minimum atomic E-state index is -0.473. The van der Waals surface area contributed by atoms with Gasteiger partial charge in [0.05, 0.1) is 19.6 Å². The maximum absolute atomic E-state index is 12.1. The SMILES string of the molecule is CCOC(=O)C1CC(C(=O)OC)NC1c1ccccc1. The van der Waals surface area contributed by atoms with Crippen molar-refractivity contribution in [2.45, 2.75) is 25.4 Å². The number of nitrogens with one attached hydrogen (secondary N) is 1. The Labute approximate surface area is 118 Å². The summed E-state index contributed by atoms with van der Waals surface area (Å²) < 4.78 is 9.86. The fourth-order valence-corrected chi connectivity index (χ4v) is 2.57. The van der Waals surface area contributed by atoms with Crippen LogP contribution in [0.15, 0.2) is 30.3 Å². The van der Waals surface area contributed by atoms with Gasteiger partial charge in [0.25, 0.3) is 0 Å². The molecule has 5 heteroatoms. The number of carbonyl (C=O) groups excluding carboxylic acids is 2. The lowest BCUT2D eigenvalue weighted by atomic mass is 9.93. The van der Waals surface area contributed by atoms with E-state index in [4.69, 9.17) is 9.47 Å². The van der Waals surface area contributed by atoms with E-state index in [-0.39, 0.29) is 23.9 Å². The Morgan fingerprint density at radius 1 is 1.25 bits per heavy atom. The fourth-order valence-electron chi connectivity index (χ4n) is 2.57. The molecule has 0 aromatic heterocycles. The van der Waals surface area contributed by atoms with Crippen molar-refractivity contribution in [3.8, 4) is 0 Å². The van der Waals surface area contributed by atoms with Gasteiger partial charge in [-0.05, 0) is 18.9 Å². The molecule has 1 aliphatic rings. The van der Waals surface area contributed by atoms with Crippen LogP contribution in [0, 0.1) is 5.92 Å². The van der Waals surface area contributed by atoms with E-state index in [1.807, 2.05) is 30.3 Å². The highest BCUT2D eigenvalue weighted by Crippen LogP contribution is 2.34. The van der Waals surface area contributed by atoms with Gasteiger partial charge in [0.2, 0.25) is 0 Å². The number of esters is 2. The summed E-state index contributed by atoms with van der Waals surface area (Å²) in [6.45, 7) is 2.11. The molecule has 5 nitrogen and oxygen atoms in total. The lowest BCUT2D eigenvalue weighted by Crippen LogP contribution is -2.33. The first-order valence-corrected chi connectivity index (χ1v) is 6.72. The second kappa shape index (κ2) is 6.52. The number of benzene rings is 1. The average molecular weight is 277 g/mol. The van der Waals surface area contributed by atoms with E-state index in [2.05, 4.69) is 5.32 Å². The van der Waals surface area contributed by atoms with Gasteiger partial charge in [0, 0.05) is 6.04 Å². The van der Waals surface area contributed by atoms with E-state index >= 15 is 0 Å².